The van der Waals surface area contributed by atoms with Crippen molar-refractivity contribution in [3.63, 3.8) is 0 Å². The number of nitrogens with zero attached hydrogens (tertiary/aromatic N) is 2. The molecule has 2 heterocycles. The fourth-order valence-corrected chi connectivity index (χ4v) is 3.10. The third-order valence-electron chi connectivity index (χ3n) is 2.81. The van der Waals surface area contributed by atoms with Gasteiger partial charge in [-0.1, -0.05) is 20.8 Å². The first-order valence-corrected chi connectivity index (χ1v) is 6.61. The third-order valence-corrected chi connectivity index (χ3v) is 4.32. The minimum atomic E-state index is -0.756. The van der Waals surface area contributed by atoms with Crippen molar-refractivity contribution in [1.82, 2.24) is 9.88 Å². The second-order valence-corrected chi connectivity index (χ2v) is 6.58. The molecule has 1 aliphatic rings. The molecule has 1 N–H and O–H groups in total. The van der Waals surface area contributed by atoms with Crippen LogP contribution in [-0.4, -0.2) is 34.0 Å². The summed E-state index contributed by atoms with van der Waals surface area (Å²) in [4.78, 5) is 18.6. The summed E-state index contributed by atoms with van der Waals surface area (Å²) < 4.78 is 0. The Hall–Kier alpha value is -0.940. The molecule has 0 atom stereocenters. The summed E-state index contributed by atoms with van der Waals surface area (Å²) in [6, 6.07) is 0. The molecule has 0 saturated heterocycles. The van der Waals surface area contributed by atoms with E-state index >= 15 is 0 Å². The lowest BCUT2D eigenvalue weighted by atomic mass is 9.98. The molecule has 0 radical (unpaired) electrons. The summed E-state index contributed by atoms with van der Waals surface area (Å²) in [7, 11) is 0. The first kappa shape index (κ1) is 12.5. The maximum absolute atomic E-state index is 10.7. The van der Waals surface area contributed by atoms with Crippen molar-refractivity contribution in [1.29, 1.82) is 0 Å². The molecule has 0 unspecified atom stereocenters. The number of hydrogen-bond donors (Lipinski definition) is 1. The maximum Gasteiger partial charge on any atom is 0.317 e. The number of hydrogen-bond acceptors (Lipinski definition) is 4. The highest BCUT2D eigenvalue weighted by molar-refractivity contribution is 7.11. The van der Waals surface area contributed by atoms with Gasteiger partial charge in [0.2, 0.25) is 0 Å². The van der Waals surface area contributed by atoms with Crippen LogP contribution >= 0.6 is 11.3 Å². The lowest BCUT2D eigenvalue weighted by Crippen LogP contribution is -2.34. The second-order valence-electron chi connectivity index (χ2n) is 5.49. The maximum atomic E-state index is 10.7. The highest BCUT2D eigenvalue weighted by atomic mass is 32.1. The topological polar surface area (TPSA) is 53.4 Å². The van der Waals surface area contributed by atoms with E-state index in [0.717, 1.165) is 24.5 Å². The number of aromatic nitrogens is 1. The third kappa shape index (κ3) is 2.84. The SMILES string of the molecule is CC(C)(C)c1nc2c(s1)CN(CC(=O)O)CC2. The molecule has 2 rings (SSSR count). The van der Waals surface area contributed by atoms with E-state index in [2.05, 4.69) is 25.8 Å². The summed E-state index contributed by atoms with van der Waals surface area (Å²) in [6.45, 7) is 8.13. The molecule has 0 saturated carbocycles. The second kappa shape index (κ2) is 4.38. The molecule has 94 valence electrons. The normalized spacial score (nSPS) is 16.9. The molecule has 0 amide bonds. The fourth-order valence-electron chi connectivity index (χ4n) is 1.90. The van der Waals surface area contributed by atoms with Gasteiger partial charge in [-0.05, 0) is 0 Å². The molecule has 4 nitrogen and oxygen atoms in total. The molecule has 0 aromatic carbocycles. The first-order chi connectivity index (χ1) is 7.86. The molecular weight excluding hydrogens is 236 g/mol. The van der Waals surface area contributed by atoms with E-state index in [1.54, 1.807) is 11.3 Å². The van der Waals surface area contributed by atoms with Gasteiger partial charge < -0.3 is 5.11 Å². The van der Waals surface area contributed by atoms with Gasteiger partial charge in [0.15, 0.2) is 0 Å². The Bertz CT molecular complexity index is 434. The monoisotopic (exact) mass is 254 g/mol. The van der Waals surface area contributed by atoms with Gasteiger partial charge in [0.1, 0.15) is 0 Å². The summed E-state index contributed by atoms with van der Waals surface area (Å²) in [5, 5.41) is 9.95. The molecular formula is C12H18N2O2S. The summed E-state index contributed by atoms with van der Waals surface area (Å²) in [5.41, 5.74) is 1.25. The summed E-state index contributed by atoms with van der Waals surface area (Å²) >= 11 is 1.73. The quantitative estimate of drug-likeness (QED) is 0.875. The molecule has 0 bridgehead atoms. The number of rotatable bonds is 2. The lowest BCUT2D eigenvalue weighted by molar-refractivity contribution is -0.138. The zero-order valence-electron chi connectivity index (χ0n) is 10.5. The van der Waals surface area contributed by atoms with Crippen molar-refractivity contribution >= 4 is 17.3 Å². The van der Waals surface area contributed by atoms with E-state index in [1.807, 2.05) is 4.90 Å². The van der Waals surface area contributed by atoms with Gasteiger partial charge in [0.25, 0.3) is 0 Å². The van der Waals surface area contributed by atoms with Crippen molar-refractivity contribution in [2.75, 3.05) is 13.1 Å². The van der Waals surface area contributed by atoms with Gasteiger partial charge in [-0.25, -0.2) is 4.98 Å². The Kier molecular flexibility index (Phi) is 3.23. The minimum Gasteiger partial charge on any atom is -0.480 e. The zero-order chi connectivity index (χ0) is 12.6. The number of carbonyl (C=O) groups is 1. The van der Waals surface area contributed by atoms with Crippen LogP contribution < -0.4 is 0 Å². The molecule has 0 fully saturated rings. The van der Waals surface area contributed by atoms with Crippen LogP contribution in [0.3, 0.4) is 0 Å². The van der Waals surface area contributed by atoms with Crippen LogP contribution in [0.15, 0.2) is 0 Å². The Morgan fingerprint density at radius 2 is 2.24 bits per heavy atom. The summed E-state index contributed by atoms with van der Waals surface area (Å²) in [5.74, 6) is -0.756. The average molecular weight is 254 g/mol. The molecule has 17 heavy (non-hydrogen) atoms. The standard InChI is InChI=1S/C12H18N2O2S/c1-12(2,3)11-13-8-4-5-14(7-10(15)16)6-9(8)17-11/h4-7H2,1-3H3,(H,15,16). The first-order valence-electron chi connectivity index (χ1n) is 5.79. The molecule has 0 spiro atoms. The van der Waals surface area contributed by atoms with E-state index in [1.165, 1.54) is 10.6 Å². The van der Waals surface area contributed by atoms with Crippen LogP contribution in [0.1, 0.15) is 36.3 Å². The van der Waals surface area contributed by atoms with E-state index < -0.39 is 5.97 Å². The van der Waals surface area contributed by atoms with Crippen LogP contribution in [0.2, 0.25) is 0 Å². The van der Waals surface area contributed by atoms with Gasteiger partial charge in [-0.15, -0.1) is 11.3 Å². The highest BCUT2D eigenvalue weighted by Crippen LogP contribution is 2.32. The molecule has 1 aliphatic heterocycles. The van der Waals surface area contributed by atoms with E-state index in [9.17, 15) is 4.79 Å². The van der Waals surface area contributed by atoms with Gasteiger partial charge in [-0.3, -0.25) is 9.69 Å². The lowest BCUT2D eigenvalue weighted by Gasteiger charge is -2.23. The van der Waals surface area contributed by atoms with Crippen molar-refractivity contribution in [3.8, 4) is 0 Å². The Labute approximate surface area is 105 Å². The zero-order valence-corrected chi connectivity index (χ0v) is 11.3. The summed E-state index contributed by atoms with van der Waals surface area (Å²) in [6.07, 6.45) is 0.870. The number of carboxylic acid groups (broad SMARTS) is 1. The number of thiazole rings is 1. The van der Waals surface area contributed by atoms with Gasteiger partial charge in [-0.2, -0.15) is 0 Å². The minimum absolute atomic E-state index is 0.0830. The predicted molar refractivity (Wildman–Crippen MR) is 67.4 cm³/mol. The molecule has 1 aromatic rings. The highest BCUT2D eigenvalue weighted by Gasteiger charge is 2.26. The van der Waals surface area contributed by atoms with Crippen LogP contribution in [-0.2, 0) is 23.2 Å². The van der Waals surface area contributed by atoms with Crippen molar-refractivity contribution in [3.05, 3.63) is 15.6 Å². The predicted octanol–water partition coefficient (Wildman–Crippen LogP) is 1.88. The number of carboxylic acids is 1. The van der Waals surface area contributed by atoms with Crippen LogP contribution in [0.5, 0.6) is 0 Å². The average Bonchev–Trinajstić information content (AvgIpc) is 2.58. The number of fused-ring (bicyclic) bond motifs is 1. The molecule has 1 aromatic heterocycles. The van der Waals surface area contributed by atoms with Crippen molar-refractivity contribution in [2.24, 2.45) is 0 Å². The molecule has 0 aliphatic carbocycles. The van der Waals surface area contributed by atoms with Crippen molar-refractivity contribution in [2.45, 2.75) is 39.2 Å². The molecule has 5 heteroatoms. The van der Waals surface area contributed by atoms with E-state index in [4.69, 9.17) is 5.11 Å². The Morgan fingerprint density at radius 1 is 1.53 bits per heavy atom. The Morgan fingerprint density at radius 3 is 2.82 bits per heavy atom. The van der Waals surface area contributed by atoms with E-state index in [0.29, 0.717) is 0 Å². The largest absolute Gasteiger partial charge is 0.480 e. The Balaban J connectivity index is 2.16. The van der Waals surface area contributed by atoms with Gasteiger partial charge in [0.05, 0.1) is 17.2 Å². The smallest absolute Gasteiger partial charge is 0.317 e. The van der Waals surface area contributed by atoms with Gasteiger partial charge in [0, 0.05) is 29.8 Å². The van der Waals surface area contributed by atoms with Crippen molar-refractivity contribution < 1.29 is 9.90 Å². The van der Waals surface area contributed by atoms with Gasteiger partial charge >= 0.3 is 5.97 Å². The van der Waals surface area contributed by atoms with E-state index in [-0.39, 0.29) is 12.0 Å². The van der Waals surface area contributed by atoms with Crippen LogP contribution in [0.25, 0.3) is 0 Å². The van der Waals surface area contributed by atoms with Crippen LogP contribution in [0.4, 0.5) is 0 Å². The number of aliphatic carboxylic acids is 1. The fraction of sp³-hybridized carbons (Fsp3) is 0.667. The van der Waals surface area contributed by atoms with Crippen LogP contribution in [0, 0.1) is 0 Å².